The average Bonchev–Trinajstić information content (AvgIpc) is 3.04. The fraction of sp³-hybridized carbons (Fsp3) is 0.312. The Morgan fingerprint density at radius 2 is 1.88 bits per heavy atom. The molecule has 3 heterocycles. The van der Waals surface area contributed by atoms with Crippen LogP contribution in [-0.2, 0) is 25.9 Å². The summed E-state index contributed by atoms with van der Waals surface area (Å²) in [7, 11) is 6.37. The van der Waals surface area contributed by atoms with Gasteiger partial charge < -0.3 is 10.6 Å². The van der Waals surface area contributed by atoms with E-state index in [1.54, 1.807) is 31.2 Å². The Morgan fingerprint density at radius 3 is 2.50 bits per heavy atom. The zero-order valence-electron chi connectivity index (χ0n) is 14.8. The number of hydrogen-bond donors (Lipinski definition) is 2. The van der Waals surface area contributed by atoms with Crippen LogP contribution < -0.4 is 21.9 Å². The van der Waals surface area contributed by atoms with Crippen molar-refractivity contribution in [3.8, 4) is 0 Å². The summed E-state index contributed by atoms with van der Waals surface area (Å²) in [4.78, 5) is 41.0. The molecule has 0 fully saturated rings. The number of rotatable bonds is 4. The monoisotopic (exact) mass is 357 g/mol. The van der Waals surface area contributed by atoms with Crippen LogP contribution in [0.2, 0.25) is 0 Å². The molecule has 2 N–H and O–H groups in total. The molecule has 0 radical (unpaired) electrons. The molecule has 26 heavy (non-hydrogen) atoms. The number of amides is 1. The number of carbonyl (C=O) groups excluding carboxylic acids is 1. The van der Waals surface area contributed by atoms with E-state index in [1.165, 1.54) is 30.9 Å². The largest absolute Gasteiger partial charge is 0.332 e. The molecule has 1 unspecified atom stereocenters. The topological polar surface area (TPSA) is 116 Å². The van der Waals surface area contributed by atoms with Crippen LogP contribution in [0.15, 0.2) is 34.2 Å². The lowest BCUT2D eigenvalue weighted by Gasteiger charge is -2.15. The third-order valence-electron chi connectivity index (χ3n) is 4.17. The second-order valence-corrected chi connectivity index (χ2v) is 5.96. The van der Waals surface area contributed by atoms with Crippen molar-refractivity contribution in [2.24, 2.45) is 21.1 Å². The van der Waals surface area contributed by atoms with Crippen LogP contribution in [0.1, 0.15) is 11.6 Å². The minimum absolute atomic E-state index is 0.245. The molecule has 0 aliphatic heterocycles. The fourth-order valence-corrected chi connectivity index (χ4v) is 2.79. The molecule has 1 amide bonds. The number of carbonyl (C=O) groups is 1. The molecule has 3 aromatic heterocycles. The molecule has 136 valence electrons. The van der Waals surface area contributed by atoms with Crippen molar-refractivity contribution in [2.45, 2.75) is 6.04 Å². The molecule has 0 saturated carbocycles. The molecule has 0 spiro atoms. The smallest absolute Gasteiger partial charge is 0.323 e. The SMILES string of the molecule is CNC(C(=O)Nc1cnc2c(c1)c(=O)n(C)c(=O)n2C)c1cnn(C)c1. The fourth-order valence-electron chi connectivity index (χ4n) is 2.79. The predicted octanol–water partition coefficient (Wildman–Crippen LogP) is -0.735. The highest BCUT2D eigenvalue weighted by Gasteiger charge is 2.21. The third-order valence-corrected chi connectivity index (χ3v) is 4.17. The van der Waals surface area contributed by atoms with E-state index in [2.05, 4.69) is 20.7 Å². The van der Waals surface area contributed by atoms with Gasteiger partial charge in [-0.2, -0.15) is 5.10 Å². The Morgan fingerprint density at radius 1 is 1.15 bits per heavy atom. The van der Waals surface area contributed by atoms with Crippen molar-refractivity contribution in [1.29, 1.82) is 0 Å². The van der Waals surface area contributed by atoms with E-state index in [0.717, 1.165) is 4.57 Å². The summed E-state index contributed by atoms with van der Waals surface area (Å²) in [6.07, 6.45) is 4.75. The Hall–Kier alpha value is -3.27. The number of likely N-dealkylation sites (N-methyl/N-ethyl adjacent to an activating group) is 1. The summed E-state index contributed by atoms with van der Waals surface area (Å²) in [6.45, 7) is 0. The number of anilines is 1. The van der Waals surface area contributed by atoms with Crippen LogP contribution in [-0.4, -0.2) is 36.9 Å². The number of pyridine rings is 1. The first-order valence-corrected chi connectivity index (χ1v) is 7.86. The van der Waals surface area contributed by atoms with Gasteiger partial charge in [0.05, 0.1) is 23.5 Å². The molecule has 3 rings (SSSR count). The Balaban J connectivity index is 1.97. The summed E-state index contributed by atoms with van der Waals surface area (Å²) < 4.78 is 3.89. The number of fused-ring (bicyclic) bond motifs is 1. The highest BCUT2D eigenvalue weighted by Crippen LogP contribution is 2.16. The van der Waals surface area contributed by atoms with E-state index in [0.29, 0.717) is 11.3 Å². The zero-order valence-corrected chi connectivity index (χ0v) is 14.8. The van der Waals surface area contributed by atoms with Crippen LogP contribution in [0.3, 0.4) is 0 Å². The van der Waals surface area contributed by atoms with Gasteiger partial charge in [-0.25, -0.2) is 9.78 Å². The van der Waals surface area contributed by atoms with Crippen LogP contribution in [0, 0.1) is 0 Å². The first kappa shape index (κ1) is 17.5. The van der Waals surface area contributed by atoms with Crippen molar-refractivity contribution >= 4 is 22.6 Å². The maximum atomic E-state index is 12.6. The van der Waals surface area contributed by atoms with Gasteiger partial charge in [-0.05, 0) is 13.1 Å². The first-order valence-electron chi connectivity index (χ1n) is 7.86. The lowest BCUT2D eigenvalue weighted by molar-refractivity contribution is -0.118. The molecular weight excluding hydrogens is 338 g/mol. The molecule has 0 aliphatic rings. The average molecular weight is 357 g/mol. The van der Waals surface area contributed by atoms with Crippen LogP contribution in [0.4, 0.5) is 5.69 Å². The molecule has 0 aromatic carbocycles. The van der Waals surface area contributed by atoms with Crippen molar-refractivity contribution in [3.63, 3.8) is 0 Å². The highest BCUT2D eigenvalue weighted by molar-refractivity contribution is 5.96. The van der Waals surface area contributed by atoms with Crippen LogP contribution in [0.25, 0.3) is 11.0 Å². The van der Waals surface area contributed by atoms with Gasteiger partial charge in [0.2, 0.25) is 5.91 Å². The van der Waals surface area contributed by atoms with Gasteiger partial charge >= 0.3 is 5.69 Å². The van der Waals surface area contributed by atoms with Gasteiger partial charge in [0.25, 0.3) is 5.56 Å². The van der Waals surface area contributed by atoms with E-state index in [9.17, 15) is 14.4 Å². The van der Waals surface area contributed by atoms with Gasteiger partial charge in [0.1, 0.15) is 11.7 Å². The molecule has 0 bridgehead atoms. The highest BCUT2D eigenvalue weighted by atomic mass is 16.2. The van der Waals surface area contributed by atoms with Gasteiger partial charge in [-0.15, -0.1) is 0 Å². The Kier molecular flexibility index (Phi) is 4.43. The molecule has 1 atom stereocenters. The van der Waals surface area contributed by atoms with E-state index in [1.807, 2.05) is 0 Å². The predicted molar refractivity (Wildman–Crippen MR) is 95.9 cm³/mol. The number of aryl methyl sites for hydroxylation is 2. The molecule has 3 aromatic rings. The van der Waals surface area contributed by atoms with Crippen molar-refractivity contribution in [2.75, 3.05) is 12.4 Å². The first-order chi connectivity index (χ1) is 12.3. The molecule has 10 nitrogen and oxygen atoms in total. The molecule has 10 heteroatoms. The van der Waals surface area contributed by atoms with Crippen molar-refractivity contribution < 1.29 is 4.79 Å². The lowest BCUT2D eigenvalue weighted by atomic mass is 10.1. The Bertz CT molecular complexity index is 1110. The number of aromatic nitrogens is 5. The summed E-state index contributed by atoms with van der Waals surface area (Å²) in [5.74, 6) is -0.316. The minimum Gasteiger partial charge on any atom is -0.323 e. The normalized spacial score (nSPS) is 12.3. The van der Waals surface area contributed by atoms with E-state index in [-0.39, 0.29) is 16.9 Å². The number of nitrogens with one attached hydrogen (secondary N) is 2. The van der Waals surface area contributed by atoms with E-state index >= 15 is 0 Å². The van der Waals surface area contributed by atoms with E-state index < -0.39 is 17.3 Å². The second-order valence-electron chi connectivity index (χ2n) is 5.96. The van der Waals surface area contributed by atoms with E-state index in [4.69, 9.17) is 0 Å². The summed E-state index contributed by atoms with van der Waals surface area (Å²) >= 11 is 0. The third kappa shape index (κ3) is 2.90. The number of nitrogens with zero attached hydrogens (tertiary/aromatic N) is 5. The summed E-state index contributed by atoms with van der Waals surface area (Å²) in [5.41, 5.74) is 0.401. The van der Waals surface area contributed by atoms with Crippen molar-refractivity contribution in [1.82, 2.24) is 29.2 Å². The van der Waals surface area contributed by atoms with Crippen molar-refractivity contribution in [3.05, 3.63) is 51.1 Å². The van der Waals surface area contributed by atoms with Gasteiger partial charge in [-0.3, -0.25) is 23.4 Å². The van der Waals surface area contributed by atoms with Gasteiger partial charge in [-0.1, -0.05) is 0 Å². The maximum absolute atomic E-state index is 12.6. The van der Waals surface area contributed by atoms with Gasteiger partial charge in [0.15, 0.2) is 0 Å². The van der Waals surface area contributed by atoms with Crippen LogP contribution in [0.5, 0.6) is 0 Å². The summed E-state index contributed by atoms with van der Waals surface area (Å²) in [5, 5.41) is 9.97. The zero-order chi connectivity index (χ0) is 19.0. The Labute approximate surface area is 148 Å². The lowest BCUT2D eigenvalue weighted by Crippen LogP contribution is -2.37. The standard InChI is InChI=1S/C16H19N7O3/c1-17-12(9-6-19-21(2)8-9)14(24)20-10-5-11-13(18-7-10)22(3)16(26)23(4)15(11)25/h5-8,12,17H,1-4H3,(H,20,24). The number of hydrogen-bond acceptors (Lipinski definition) is 6. The second kappa shape index (κ2) is 6.56. The summed E-state index contributed by atoms with van der Waals surface area (Å²) in [6, 6.07) is 0.903. The van der Waals surface area contributed by atoms with Crippen LogP contribution >= 0.6 is 0 Å². The maximum Gasteiger partial charge on any atom is 0.332 e. The molecular formula is C16H19N7O3. The van der Waals surface area contributed by atoms with Gasteiger partial charge in [0, 0.05) is 32.9 Å². The quantitative estimate of drug-likeness (QED) is 0.636. The minimum atomic E-state index is -0.609. The molecule has 0 saturated heterocycles. The molecule has 0 aliphatic carbocycles.